The smallest absolute Gasteiger partial charge is 0.338 e. The summed E-state index contributed by atoms with van der Waals surface area (Å²) < 4.78 is 6.91. The number of ether oxygens (including phenoxy) is 1. The number of aryl methyl sites for hydroxylation is 1. The van der Waals surface area contributed by atoms with Crippen molar-refractivity contribution < 1.29 is 14.3 Å². The number of nitrogens with one attached hydrogen (secondary N) is 1. The first kappa shape index (κ1) is 16.6. The van der Waals surface area contributed by atoms with Crippen molar-refractivity contribution in [3.8, 4) is 0 Å². The van der Waals surface area contributed by atoms with Gasteiger partial charge in [0, 0.05) is 42.8 Å². The van der Waals surface area contributed by atoms with Crippen LogP contribution in [-0.2, 0) is 17.9 Å². The van der Waals surface area contributed by atoms with Crippen LogP contribution < -0.4 is 5.32 Å². The molecule has 0 aliphatic carbocycles. The van der Waals surface area contributed by atoms with Crippen LogP contribution in [-0.4, -0.2) is 39.3 Å². The molecule has 1 saturated heterocycles. The standard InChI is InChI=1S/C19H22N4O3/c24-18-17-12-15(6-5-14(17)13-26-18)21-19(25)23-10-2-1-4-16(23)7-11-22-9-3-8-20-22/h3,5-6,8-9,12,16H,1-2,4,7,10-11,13H2,(H,21,25)/t16-/m0/s1. The van der Waals surface area contributed by atoms with Crippen LogP contribution >= 0.6 is 0 Å². The SMILES string of the molecule is O=C1OCc2ccc(NC(=O)N3CCCC[C@H]3CCn3cccn3)cc21. The number of nitrogens with zero attached hydrogens (tertiary/aromatic N) is 3. The van der Waals surface area contributed by atoms with Crippen LogP contribution in [0.2, 0.25) is 0 Å². The van der Waals surface area contributed by atoms with E-state index in [1.165, 1.54) is 0 Å². The number of piperidine rings is 1. The molecule has 2 aliphatic heterocycles. The van der Waals surface area contributed by atoms with Crippen molar-refractivity contribution in [2.24, 2.45) is 0 Å². The Kier molecular flexibility index (Phi) is 4.60. The summed E-state index contributed by atoms with van der Waals surface area (Å²) in [5.74, 6) is -0.328. The Morgan fingerprint density at radius 3 is 3.12 bits per heavy atom. The number of hydrogen-bond donors (Lipinski definition) is 1. The minimum Gasteiger partial charge on any atom is -0.457 e. The highest BCUT2D eigenvalue weighted by molar-refractivity contribution is 5.96. The molecule has 1 aromatic heterocycles. The van der Waals surface area contributed by atoms with Gasteiger partial charge in [-0.2, -0.15) is 5.10 Å². The van der Waals surface area contributed by atoms with E-state index >= 15 is 0 Å². The number of anilines is 1. The number of rotatable bonds is 4. The summed E-state index contributed by atoms with van der Waals surface area (Å²) in [4.78, 5) is 26.4. The molecule has 7 heteroatoms. The van der Waals surface area contributed by atoms with Crippen LogP contribution in [0.15, 0.2) is 36.7 Å². The summed E-state index contributed by atoms with van der Waals surface area (Å²) in [6.07, 6.45) is 7.75. The molecule has 1 aromatic carbocycles. The Hall–Kier alpha value is -2.83. The van der Waals surface area contributed by atoms with Crippen LogP contribution in [0.25, 0.3) is 0 Å². The Morgan fingerprint density at radius 1 is 1.35 bits per heavy atom. The van der Waals surface area contributed by atoms with Gasteiger partial charge in [-0.05, 0) is 43.9 Å². The fraction of sp³-hybridized carbons (Fsp3) is 0.421. The van der Waals surface area contributed by atoms with Gasteiger partial charge in [-0.25, -0.2) is 9.59 Å². The maximum Gasteiger partial charge on any atom is 0.338 e. The quantitative estimate of drug-likeness (QED) is 0.856. The van der Waals surface area contributed by atoms with Crippen molar-refractivity contribution in [1.82, 2.24) is 14.7 Å². The molecule has 0 bridgehead atoms. The second-order valence-corrected chi connectivity index (χ2v) is 6.78. The number of carbonyl (C=O) groups is 2. The Morgan fingerprint density at radius 2 is 2.27 bits per heavy atom. The third-order valence-corrected chi connectivity index (χ3v) is 5.08. The van der Waals surface area contributed by atoms with Gasteiger partial charge in [-0.3, -0.25) is 4.68 Å². The van der Waals surface area contributed by atoms with Crippen LogP contribution in [0.4, 0.5) is 10.5 Å². The lowest BCUT2D eigenvalue weighted by atomic mass is 10.00. The van der Waals surface area contributed by atoms with Crippen LogP contribution in [0.5, 0.6) is 0 Å². The van der Waals surface area contributed by atoms with E-state index in [9.17, 15) is 9.59 Å². The minimum absolute atomic E-state index is 0.110. The van der Waals surface area contributed by atoms with E-state index < -0.39 is 0 Å². The fourth-order valence-corrected chi connectivity index (χ4v) is 3.67. The van der Waals surface area contributed by atoms with Gasteiger partial charge in [-0.15, -0.1) is 0 Å². The van der Waals surface area contributed by atoms with Crippen molar-refractivity contribution in [3.63, 3.8) is 0 Å². The summed E-state index contributed by atoms with van der Waals surface area (Å²) in [6, 6.07) is 7.35. The Balaban J connectivity index is 1.42. The molecule has 0 spiro atoms. The highest BCUT2D eigenvalue weighted by atomic mass is 16.5. The van der Waals surface area contributed by atoms with Gasteiger partial charge in [0.15, 0.2) is 0 Å². The molecule has 0 unspecified atom stereocenters. The Bertz CT molecular complexity index is 803. The predicted octanol–water partition coefficient (Wildman–Crippen LogP) is 3.03. The highest BCUT2D eigenvalue weighted by Crippen LogP contribution is 2.25. The van der Waals surface area contributed by atoms with Crippen molar-refractivity contribution in [2.45, 2.75) is 44.9 Å². The molecule has 1 atom stereocenters. The lowest BCUT2D eigenvalue weighted by molar-refractivity contribution is 0.0535. The number of aromatic nitrogens is 2. The van der Waals surface area contributed by atoms with Crippen molar-refractivity contribution >= 4 is 17.7 Å². The summed E-state index contributed by atoms with van der Waals surface area (Å²) in [5.41, 5.74) is 2.03. The molecule has 26 heavy (non-hydrogen) atoms. The van der Waals surface area contributed by atoms with E-state index in [0.29, 0.717) is 17.9 Å². The van der Waals surface area contributed by atoms with Gasteiger partial charge in [-0.1, -0.05) is 6.07 Å². The van der Waals surface area contributed by atoms with E-state index in [1.807, 2.05) is 34.0 Å². The van der Waals surface area contributed by atoms with E-state index in [1.54, 1.807) is 12.3 Å². The summed E-state index contributed by atoms with van der Waals surface area (Å²) in [7, 11) is 0. The topological polar surface area (TPSA) is 76.5 Å². The van der Waals surface area contributed by atoms with Crippen LogP contribution in [0.1, 0.15) is 41.6 Å². The van der Waals surface area contributed by atoms with Crippen LogP contribution in [0, 0.1) is 0 Å². The molecule has 1 fully saturated rings. The molecule has 2 aliphatic rings. The van der Waals surface area contributed by atoms with Gasteiger partial charge in [0.25, 0.3) is 0 Å². The maximum atomic E-state index is 12.8. The monoisotopic (exact) mass is 354 g/mol. The molecule has 2 aromatic rings. The second-order valence-electron chi connectivity index (χ2n) is 6.78. The largest absolute Gasteiger partial charge is 0.457 e. The van der Waals surface area contributed by atoms with Gasteiger partial charge in [0.1, 0.15) is 6.61 Å². The van der Waals surface area contributed by atoms with Crippen molar-refractivity contribution in [3.05, 3.63) is 47.8 Å². The van der Waals surface area contributed by atoms with Gasteiger partial charge < -0.3 is 15.0 Å². The van der Waals surface area contributed by atoms with Crippen molar-refractivity contribution in [2.75, 3.05) is 11.9 Å². The molecule has 2 amide bonds. The number of likely N-dealkylation sites (tertiary alicyclic amines) is 1. The van der Waals surface area contributed by atoms with E-state index in [-0.39, 0.29) is 18.0 Å². The number of fused-ring (bicyclic) bond motifs is 1. The lowest BCUT2D eigenvalue weighted by Gasteiger charge is -2.35. The fourth-order valence-electron chi connectivity index (χ4n) is 3.67. The molecule has 1 N–H and O–H groups in total. The third kappa shape index (κ3) is 3.42. The highest BCUT2D eigenvalue weighted by Gasteiger charge is 2.27. The maximum absolute atomic E-state index is 12.8. The number of esters is 1. The number of hydrogen-bond acceptors (Lipinski definition) is 4. The number of amides is 2. The van der Waals surface area contributed by atoms with Gasteiger partial charge >= 0.3 is 12.0 Å². The average molecular weight is 354 g/mol. The predicted molar refractivity (Wildman–Crippen MR) is 95.8 cm³/mol. The molecule has 0 radical (unpaired) electrons. The molecule has 0 saturated carbocycles. The normalized spacial score (nSPS) is 19.2. The molecule has 3 heterocycles. The molecule has 136 valence electrons. The van der Waals surface area contributed by atoms with Crippen LogP contribution in [0.3, 0.4) is 0 Å². The lowest BCUT2D eigenvalue weighted by Crippen LogP contribution is -2.46. The second kappa shape index (κ2) is 7.19. The first-order valence-electron chi connectivity index (χ1n) is 9.06. The van der Waals surface area contributed by atoms with E-state index in [0.717, 1.165) is 44.3 Å². The number of cyclic esters (lactones) is 1. The summed E-state index contributed by atoms with van der Waals surface area (Å²) in [5, 5.41) is 7.17. The number of carbonyl (C=O) groups excluding carboxylic acids is 2. The first-order valence-corrected chi connectivity index (χ1v) is 9.06. The number of urea groups is 1. The van der Waals surface area contributed by atoms with Gasteiger partial charge in [0.05, 0.1) is 5.56 Å². The zero-order valence-corrected chi connectivity index (χ0v) is 14.6. The molecule has 7 nitrogen and oxygen atoms in total. The van der Waals surface area contributed by atoms with E-state index in [4.69, 9.17) is 4.74 Å². The third-order valence-electron chi connectivity index (χ3n) is 5.08. The molecular weight excluding hydrogens is 332 g/mol. The summed E-state index contributed by atoms with van der Waals surface area (Å²) in [6.45, 7) is 1.86. The van der Waals surface area contributed by atoms with E-state index in [2.05, 4.69) is 10.4 Å². The zero-order chi connectivity index (χ0) is 17.9. The summed E-state index contributed by atoms with van der Waals surface area (Å²) >= 11 is 0. The minimum atomic E-state index is -0.328. The van der Waals surface area contributed by atoms with Crippen molar-refractivity contribution in [1.29, 1.82) is 0 Å². The Labute approximate surface area is 151 Å². The first-order chi connectivity index (χ1) is 12.7. The zero-order valence-electron chi connectivity index (χ0n) is 14.6. The molecule has 4 rings (SSSR count). The van der Waals surface area contributed by atoms with Gasteiger partial charge in [0.2, 0.25) is 0 Å². The average Bonchev–Trinajstić information content (AvgIpc) is 3.30. The number of benzene rings is 1. The molecular formula is C19H22N4O3.